The molecule has 6 aromatic rings. The van der Waals surface area contributed by atoms with Gasteiger partial charge in [0.25, 0.3) is 0 Å². The molecule has 272 valence electrons. The third kappa shape index (κ3) is 8.25. The molecule has 0 saturated heterocycles. The number of aliphatic hydroxyl groups excluding tert-OH is 1. The number of aliphatic hydroxyl groups is 1. The second-order valence-corrected chi connectivity index (χ2v) is 13.8. The van der Waals surface area contributed by atoms with E-state index >= 15 is 0 Å². The summed E-state index contributed by atoms with van der Waals surface area (Å²) in [5.41, 5.74) is 3.32. The van der Waals surface area contributed by atoms with Crippen molar-refractivity contribution in [2.24, 2.45) is 0 Å². The summed E-state index contributed by atoms with van der Waals surface area (Å²) in [7, 11) is 0. The van der Waals surface area contributed by atoms with E-state index in [0.29, 0.717) is 77.1 Å². The molecule has 4 heterocycles. The zero-order chi connectivity index (χ0) is 37.0. The van der Waals surface area contributed by atoms with E-state index in [1.165, 1.54) is 12.1 Å². The third-order valence-corrected chi connectivity index (χ3v) is 9.35. The van der Waals surface area contributed by atoms with Gasteiger partial charge in [-0.3, -0.25) is 0 Å². The third-order valence-electron chi connectivity index (χ3n) is 9.35. The van der Waals surface area contributed by atoms with Crippen LogP contribution >= 0.6 is 0 Å². The standard InChI is InChI=1S/C42H44O10/c1-25(2)32(11-7-26(3)15-19-48-40-28-9-13-38(44)50-35(28)23-33-30(40)17-21-46-33)52-42(5,6)37(43)12-8-27(4)16-20-49-41-29-10-14-39(45)51-36(29)24-34-31(41)18-22-47-34/h9-10,13-18,21-24,32,37,43H,1,7-8,11-12,19-20H2,2-6H3/b26-15+,27-16+/t32?,37-/m1/s1. The molecule has 1 N–H and O–H groups in total. The normalized spacial score (nSPS) is 14.0. The number of hydrogen-bond donors (Lipinski definition) is 1. The molecule has 52 heavy (non-hydrogen) atoms. The average Bonchev–Trinajstić information content (AvgIpc) is 3.77. The fourth-order valence-corrected chi connectivity index (χ4v) is 6.19. The molecule has 2 aromatic carbocycles. The van der Waals surface area contributed by atoms with Crippen LogP contribution in [0.15, 0.2) is 124 Å². The van der Waals surface area contributed by atoms with Crippen LogP contribution in [0.2, 0.25) is 0 Å². The molecule has 0 aliphatic carbocycles. The first-order valence-electron chi connectivity index (χ1n) is 17.4. The Labute approximate surface area is 300 Å². The van der Waals surface area contributed by atoms with Gasteiger partial charge in [0.1, 0.15) is 47.0 Å². The summed E-state index contributed by atoms with van der Waals surface area (Å²) >= 11 is 0. The SMILES string of the molecule is C=C(C)C(CC/C(C)=C/COc1c2ccoc2cc2oc(=O)ccc12)OC(C)(C)[C@H](O)CC/C(C)=C/COc1c2ccoc2cc2oc(=O)ccc12. The van der Waals surface area contributed by atoms with Crippen molar-refractivity contribution in [2.75, 3.05) is 13.2 Å². The monoisotopic (exact) mass is 708 g/mol. The molecule has 0 saturated carbocycles. The lowest BCUT2D eigenvalue weighted by molar-refractivity contribution is -0.128. The van der Waals surface area contributed by atoms with Gasteiger partial charge in [-0.25, -0.2) is 9.59 Å². The van der Waals surface area contributed by atoms with Gasteiger partial charge >= 0.3 is 11.3 Å². The Morgan fingerprint density at radius 1 is 0.731 bits per heavy atom. The summed E-state index contributed by atoms with van der Waals surface area (Å²) in [6, 6.07) is 13.2. The maximum atomic E-state index is 11.8. The molecule has 0 aliphatic heterocycles. The first-order valence-corrected chi connectivity index (χ1v) is 17.4. The predicted molar refractivity (Wildman–Crippen MR) is 201 cm³/mol. The van der Waals surface area contributed by atoms with E-state index in [4.69, 9.17) is 31.9 Å². The van der Waals surface area contributed by atoms with Crippen molar-refractivity contribution in [3.05, 3.63) is 117 Å². The van der Waals surface area contributed by atoms with Crippen LogP contribution in [0.5, 0.6) is 11.5 Å². The lowest BCUT2D eigenvalue weighted by Gasteiger charge is -2.35. The Balaban J connectivity index is 1.01. The van der Waals surface area contributed by atoms with Crippen LogP contribution in [0.25, 0.3) is 43.9 Å². The maximum Gasteiger partial charge on any atom is 0.336 e. The van der Waals surface area contributed by atoms with E-state index in [-0.39, 0.29) is 6.10 Å². The van der Waals surface area contributed by atoms with Gasteiger partial charge in [0.2, 0.25) is 0 Å². The van der Waals surface area contributed by atoms with Crippen molar-refractivity contribution in [2.45, 2.75) is 78.1 Å². The Morgan fingerprint density at radius 3 is 1.67 bits per heavy atom. The van der Waals surface area contributed by atoms with E-state index < -0.39 is 23.0 Å². The first-order chi connectivity index (χ1) is 24.9. The van der Waals surface area contributed by atoms with Crippen molar-refractivity contribution in [1.29, 1.82) is 0 Å². The fourth-order valence-electron chi connectivity index (χ4n) is 6.19. The second-order valence-electron chi connectivity index (χ2n) is 13.8. The molecule has 10 heteroatoms. The summed E-state index contributed by atoms with van der Waals surface area (Å²) in [5, 5.41) is 14.2. The lowest BCUT2D eigenvalue weighted by atomic mass is 9.94. The van der Waals surface area contributed by atoms with E-state index in [2.05, 4.69) is 6.58 Å². The molecule has 0 amide bonds. The number of benzene rings is 2. The van der Waals surface area contributed by atoms with Gasteiger partial charge in [-0.15, -0.1) is 0 Å². The molecule has 2 atom stereocenters. The maximum absolute atomic E-state index is 11.8. The summed E-state index contributed by atoms with van der Waals surface area (Å²) in [4.78, 5) is 23.5. The second kappa shape index (κ2) is 15.5. The van der Waals surface area contributed by atoms with E-state index in [1.54, 1.807) is 36.8 Å². The van der Waals surface area contributed by atoms with Crippen molar-refractivity contribution < 1.29 is 37.0 Å². The van der Waals surface area contributed by atoms with Crippen LogP contribution in [0.4, 0.5) is 0 Å². The number of rotatable bonds is 16. The van der Waals surface area contributed by atoms with Crippen LogP contribution in [-0.2, 0) is 4.74 Å². The Morgan fingerprint density at radius 2 is 1.19 bits per heavy atom. The van der Waals surface area contributed by atoms with Crippen LogP contribution in [0.3, 0.4) is 0 Å². The Hall–Kier alpha value is -5.32. The molecule has 0 fully saturated rings. The number of ether oxygens (including phenoxy) is 3. The summed E-state index contributed by atoms with van der Waals surface area (Å²) in [6.07, 6.45) is 8.77. The number of hydrogen-bond acceptors (Lipinski definition) is 10. The molecule has 1 unspecified atom stereocenters. The van der Waals surface area contributed by atoms with Crippen LogP contribution in [0, 0.1) is 0 Å². The van der Waals surface area contributed by atoms with Crippen molar-refractivity contribution >= 4 is 43.9 Å². The number of allylic oxidation sites excluding steroid dienone is 2. The van der Waals surface area contributed by atoms with E-state index in [9.17, 15) is 14.7 Å². The smallest absolute Gasteiger partial charge is 0.336 e. The molecule has 4 aromatic heterocycles. The van der Waals surface area contributed by atoms with Gasteiger partial charge in [-0.2, -0.15) is 0 Å². The highest BCUT2D eigenvalue weighted by molar-refractivity contribution is 6.02. The molecule has 0 bridgehead atoms. The lowest BCUT2D eigenvalue weighted by Crippen LogP contribution is -2.42. The van der Waals surface area contributed by atoms with Crippen LogP contribution < -0.4 is 20.7 Å². The van der Waals surface area contributed by atoms with Gasteiger partial charge in [0, 0.05) is 24.3 Å². The molecule has 10 nitrogen and oxygen atoms in total. The van der Waals surface area contributed by atoms with Crippen LogP contribution in [0.1, 0.15) is 60.3 Å². The van der Waals surface area contributed by atoms with E-state index in [1.807, 2.05) is 58.9 Å². The zero-order valence-electron chi connectivity index (χ0n) is 30.2. The van der Waals surface area contributed by atoms with Crippen molar-refractivity contribution in [1.82, 2.24) is 0 Å². The number of furan rings is 2. The van der Waals surface area contributed by atoms with Gasteiger partial charge in [-0.1, -0.05) is 23.3 Å². The molecule has 0 aliphatic rings. The quantitative estimate of drug-likeness (QED) is 0.0765. The van der Waals surface area contributed by atoms with E-state index in [0.717, 1.165) is 33.9 Å². The predicted octanol–water partition coefficient (Wildman–Crippen LogP) is 9.40. The highest BCUT2D eigenvalue weighted by atomic mass is 16.5. The molecule has 0 spiro atoms. The Kier molecular flexibility index (Phi) is 10.9. The minimum absolute atomic E-state index is 0.254. The molecule has 0 radical (unpaired) electrons. The average molecular weight is 709 g/mol. The van der Waals surface area contributed by atoms with Gasteiger partial charge < -0.3 is 37.0 Å². The molecular weight excluding hydrogens is 664 g/mol. The van der Waals surface area contributed by atoms with Gasteiger partial charge in [-0.05, 0) is 96.7 Å². The highest BCUT2D eigenvalue weighted by Crippen LogP contribution is 2.36. The van der Waals surface area contributed by atoms with Crippen molar-refractivity contribution in [3.63, 3.8) is 0 Å². The summed E-state index contributed by atoms with van der Waals surface area (Å²) < 4.78 is 40.6. The van der Waals surface area contributed by atoms with Crippen LogP contribution in [-0.4, -0.2) is 36.1 Å². The summed E-state index contributed by atoms with van der Waals surface area (Å²) in [6.45, 7) is 14.6. The fraction of sp³-hybridized carbons (Fsp3) is 0.333. The highest BCUT2D eigenvalue weighted by Gasteiger charge is 2.32. The Bertz CT molecular complexity index is 2400. The largest absolute Gasteiger partial charge is 0.488 e. The number of fused-ring (bicyclic) bond motifs is 4. The minimum Gasteiger partial charge on any atom is -0.488 e. The summed E-state index contributed by atoms with van der Waals surface area (Å²) in [5.74, 6) is 1.19. The first kappa shape index (κ1) is 36.5. The minimum atomic E-state index is -0.819. The van der Waals surface area contributed by atoms with Gasteiger partial charge in [0.05, 0.1) is 51.9 Å². The molecular formula is C42H44O10. The van der Waals surface area contributed by atoms with Crippen molar-refractivity contribution in [3.8, 4) is 11.5 Å². The zero-order valence-corrected chi connectivity index (χ0v) is 30.2. The topological polar surface area (TPSA) is 135 Å². The molecule has 6 rings (SSSR count). The van der Waals surface area contributed by atoms with Gasteiger partial charge in [0.15, 0.2) is 0 Å².